The molecule has 0 bridgehead atoms. The van der Waals surface area contributed by atoms with E-state index in [1.54, 1.807) is 12.4 Å². The van der Waals surface area contributed by atoms with E-state index in [2.05, 4.69) is 48.1 Å². The number of hydrogen-bond donors (Lipinski definition) is 2. The molecule has 1 atom stereocenters. The molecule has 0 aliphatic heterocycles. The number of nitrogens with one attached hydrogen (secondary N) is 1. The van der Waals surface area contributed by atoms with Gasteiger partial charge in [0, 0.05) is 12.4 Å². The van der Waals surface area contributed by atoms with Crippen LogP contribution in [0.25, 0.3) is 0 Å². The van der Waals surface area contributed by atoms with Crippen molar-refractivity contribution in [1.82, 2.24) is 9.97 Å². The summed E-state index contributed by atoms with van der Waals surface area (Å²) in [6.07, 6.45) is 4.61. The molecule has 17 heavy (non-hydrogen) atoms. The number of imidazole rings is 1. The molecule has 0 fully saturated rings. The SMILES string of the molecule is CC(C)Cc1cccc(C(N)c2ncc[nH]2)c1. The number of aromatic nitrogens is 2. The Hall–Kier alpha value is -1.61. The number of hydrogen-bond acceptors (Lipinski definition) is 2. The molecule has 0 saturated carbocycles. The summed E-state index contributed by atoms with van der Waals surface area (Å²) in [6.45, 7) is 4.44. The molecule has 0 saturated heterocycles. The predicted molar refractivity (Wildman–Crippen MR) is 69.6 cm³/mol. The highest BCUT2D eigenvalue weighted by molar-refractivity contribution is 5.29. The van der Waals surface area contributed by atoms with Gasteiger partial charge in [0.2, 0.25) is 0 Å². The Balaban J connectivity index is 2.21. The zero-order chi connectivity index (χ0) is 12.3. The average molecular weight is 229 g/mol. The van der Waals surface area contributed by atoms with Crippen molar-refractivity contribution in [3.05, 3.63) is 53.6 Å². The Bertz CT molecular complexity index is 460. The van der Waals surface area contributed by atoms with Gasteiger partial charge in [-0.2, -0.15) is 0 Å². The third kappa shape index (κ3) is 2.94. The average Bonchev–Trinajstić information content (AvgIpc) is 2.81. The predicted octanol–water partition coefficient (Wildman–Crippen LogP) is 2.66. The van der Waals surface area contributed by atoms with Crippen molar-refractivity contribution in [3.8, 4) is 0 Å². The Labute approximate surface area is 102 Å². The molecule has 2 aromatic rings. The number of nitrogens with zero attached hydrogens (tertiary/aromatic N) is 1. The van der Waals surface area contributed by atoms with Crippen LogP contribution in [0.3, 0.4) is 0 Å². The van der Waals surface area contributed by atoms with Gasteiger partial charge in [0.25, 0.3) is 0 Å². The van der Waals surface area contributed by atoms with Crippen molar-refractivity contribution >= 4 is 0 Å². The number of nitrogens with two attached hydrogens (primary N) is 1. The Kier molecular flexibility index (Phi) is 3.59. The lowest BCUT2D eigenvalue weighted by molar-refractivity contribution is 0.646. The van der Waals surface area contributed by atoms with Crippen LogP contribution < -0.4 is 5.73 Å². The van der Waals surface area contributed by atoms with E-state index in [1.807, 2.05) is 0 Å². The summed E-state index contributed by atoms with van der Waals surface area (Å²) in [5, 5.41) is 0. The molecule has 0 aliphatic rings. The van der Waals surface area contributed by atoms with Gasteiger partial charge in [-0.25, -0.2) is 4.98 Å². The topological polar surface area (TPSA) is 54.7 Å². The van der Waals surface area contributed by atoms with E-state index in [1.165, 1.54) is 5.56 Å². The van der Waals surface area contributed by atoms with E-state index in [-0.39, 0.29) is 6.04 Å². The highest BCUT2D eigenvalue weighted by atomic mass is 14.9. The molecule has 1 aromatic carbocycles. The van der Waals surface area contributed by atoms with Gasteiger partial charge in [-0.15, -0.1) is 0 Å². The van der Waals surface area contributed by atoms with E-state index in [4.69, 9.17) is 5.73 Å². The first-order chi connectivity index (χ1) is 8.16. The van der Waals surface area contributed by atoms with Gasteiger partial charge >= 0.3 is 0 Å². The van der Waals surface area contributed by atoms with Crippen LogP contribution in [0.1, 0.15) is 36.8 Å². The Morgan fingerprint density at radius 1 is 1.35 bits per heavy atom. The minimum Gasteiger partial charge on any atom is -0.347 e. The third-order valence-electron chi connectivity index (χ3n) is 2.77. The Morgan fingerprint density at radius 3 is 2.82 bits per heavy atom. The lowest BCUT2D eigenvalue weighted by Crippen LogP contribution is -2.13. The van der Waals surface area contributed by atoms with Crippen LogP contribution in [-0.2, 0) is 6.42 Å². The van der Waals surface area contributed by atoms with E-state index >= 15 is 0 Å². The summed E-state index contributed by atoms with van der Waals surface area (Å²) in [4.78, 5) is 7.26. The molecule has 1 aromatic heterocycles. The molecule has 3 heteroatoms. The van der Waals surface area contributed by atoms with Crippen molar-refractivity contribution in [1.29, 1.82) is 0 Å². The smallest absolute Gasteiger partial charge is 0.127 e. The lowest BCUT2D eigenvalue weighted by atomic mass is 9.98. The first-order valence-corrected chi connectivity index (χ1v) is 6.00. The van der Waals surface area contributed by atoms with Crippen LogP contribution in [0.2, 0.25) is 0 Å². The molecule has 3 nitrogen and oxygen atoms in total. The van der Waals surface area contributed by atoms with E-state index in [0.29, 0.717) is 5.92 Å². The van der Waals surface area contributed by atoms with E-state index < -0.39 is 0 Å². The molecule has 0 spiro atoms. The monoisotopic (exact) mass is 229 g/mol. The zero-order valence-electron chi connectivity index (χ0n) is 10.4. The molecule has 1 unspecified atom stereocenters. The van der Waals surface area contributed by atoms with Crippen molar-refractivity contribution in [2.45, 2.75) is 26.3 Å². The first kappa shape index (κ1) is 11.9. The zero-order valence-corrected chi connectivity index (χ0v) is 10.4. The molecular formula is C14H19N3. The van der Waals surface area contributed by atoms with Crippen LogP contribution in [0.15, 0.2) is 36.7 Å². The highest BCUT2D eigenvalue weighted by Crippen LogP contribution is 2.18. The van der Waals surface area contributed by atoms with Crippen molar-refractivity contribution in [2.24, 2.45) is 11.7 Å². The maximum atomic E-state index is 6.17. The summed E-state index contributed by atoms with van der Waals surface area (Å²) in [5.41, 5.74) is 8.61. The second-order valence-electron chi connectivity index (χ2n) is 4.80. The lowest BCUT2D eigenvalue weighted by Gasteiger charge is -2.12. The molecule has 90 valence electrons. The van der Waals surface area contributed by atoms with Crippen molar-refractivity contribution in [2.75, 3.05) is 0 Å². The van der Waals surface area contributed by atoms with Gasteiger partial charge < -0.3 is 10.7 Å². The molecule has 2 rings (SSSR count). The normalized spacial score (nSPS) is 12.9. The van der Waals surface area contributed by atoms with Gasteiger partial charge in [-0.3, -0.25) is 0 Å². The summed E-state index contributed by atoms with van der Waals surface area (Å²) in [7, 11) is 0. The molecule has 3 N–H and O–H groups in total. The summed E-state index contributed by atoms with van der Waals surface area (Å²) < 4.78 is 0. The molecule has 0 radical (unpaired) electrons. The second-order valence-corrected chi connectivity index (χ2v) is 4.80. The van der Waals surface area contributed by atoms with Crippen LogP contribution in [0.5, 0.6) is 0 Å². The minimum atomic E-state index is -0.169. The molecule has 1 heterocycles. The number of aromatic amines is 1. The molecular weight excluding hydrogens is 210 g/mol. The van der Waals surface area contributed by atoms with Crippen LogP contribution >= 0.6 is 0 Å². The summed E-state index contributed by atoms with van der Waals surface area (Å²) >= 11 is 0. The summed E-state index contributed by atoms with van der Waals surface area (Å²) in [5.74, 6) is 1.47. The minimum absolute atomic E-state index is 0.169. The van der Waals surface area contributed by atoms with Gasteiger partial charge in [0.1, 0.15) is 5.82 Å². The fraction of sp³-hybridized carbons (Fsp3) is 0.357. The highest BCUT2D eigenvalue weighted by Gasteiger charge is 2.11. The van der Waals surface area contributed by atoms with Gasteiger partial charge in [-0.1, -0.05) is 38.1 Å². The fourth-order valence-electron chi connectivity index (χ4n) is 1.99. The number of H-pyrrole nitrogens is 1. The maximum absolute atomic E-state index is 6.17. The first-order valence-electron chi connectivity index (χ1n) is 6.00. The Morgan fingerprint density at radius 2 is 2.18 bits per heavy atom. The van der Waals surface area contributed by atoms with E-state index in [9.17, 15) is 0 Å². The van der Waals surface area contributed by atoms with Crippen LogP contribution in [0, 0.1) is 5.92 Å². The quantitative estimate of drug-likeness (QED) is 0.846. The maximum Gasteiger partial charge on any atom is 0.127 e. The van der Waals surface area contributed by atoms with Crippen molar-refractivity contribution < 1.29 is 0 Å². The molecule has 0 amide bonds. The van der Waals surface area contributed by atoms with Gasteiger partial charge in [0.05, 0.1) is 6.04 Å². The van der Waals surface area contributed by atoms with Crippen molar-refractivity contribution in [3.63, 3.8) is 0 Å². The van der Waals surface area contributed by atoms with Gasteiger partial charge in [0.15, 0.2) is 0 Å². The van der Waals surface area contributed by atoms with Gasteiger partial charge in [-0.05, 0) is 23.5 Å². The molecule has 0 aliphatic carbocycles. The largest absolute Gasteiger partial charge is 0.347 e. The summed E-state index contributed by atoms with van der Waals surface area (Å²) in [6, 6.07) is 8.27. The van der Waals surface area contributed by atoms with Crippen LogP contribution in [0.4, 0.5) is 0 Å². The fourth-order valence-corrected chi connectivity index (χ4v) is 1.99. The van der Waals surface area contributed by atoms with Crippen LogP contribution in [-0.4, -0.2) is 9.97 Å². The second kappa shape index (κ2) is 5.15. The third-order valence-corrected chi connectivity index (χ3v) is 2.77. The number of benzene rings is 1. The van der Waals surface area contributed by atoms with E-state index in [0.717, 1.165) is 17.8 Å². The standard InChI is InChI=1S/C14H19N3/c1-10(2)8-11-4-3-5-12(9-11)13(15)14-16-6-7-17-14/h3-7,9-10,13H,8,15H2,1-2H3,(H,16,17). The number of rotatable bonds is 4.